The number of ketones is 1. The largest absolute Gasteiger partial charge is 0.300 e. The fourth-order valence-electron chi connectivity index (χ4n) is 1.27. The summed E-state index contributed by atoms with van der Waals surface area (Å²) in [5.41, 5.74) is 0. The molecular formula is C10H17N3O. The number of aromatic nitrogens is 3. The van der Waals surface area contributed by atoms with E-state index in [2.05, 4.69) is 23.9 Å². The highest BCUT2D eigenvalue weighted by Crippen LogP contribution is 2.10. The van der Waals surface area contributed by atoms with Crippen molar-refractivity contribution in [3.05, 3.63) is 12.2 Å². The van der Waals surface area contributed by atoms with Crippen molar-refractivity contribution in [3.63, 3.8) is 0 Å². The maximum absolute atomic E-state index is 11.1. The molecule has 0 bridgehead atoms. The molecule has 0 spiro atoms. The van der Waals surface area contributed by atoms with Crippen LogP contribution < -0.4 is 0 Å². The third-order valence-corrected chi connectivity index (χ3v) is 2.32. The predicted octanol–water partition coefficient (Wildman–Crippen LogP) is 1.63. The molecule has 0 saturated heterocycles. The summed E-state index contributed by atoms with van der Waals surface area (Å²) >= 11 is 0. The molecule has 1 heterocycles. The number of hydrogen-bond acceptors (Lipinski definition) is 3. The summed E-state index contributed by atoms with van der Waals surface area (Å²) in [4.78, 5) is 15.3. The van der Waals surface area contributed by atoms with Crippen molar-refractivity contribution in [1.29, 1.82) is 0 Å². The number of rotatable bonds is 4. The number of hydrogen-bond donors (Lipinski definition) is 0. The third-order valence-electron chi connectivity index (χ3n) is 2.32. The van der Waals surface area contributed by atoms with Crippen LogP contribution in [0.2, 0.25) is 0 Å². The zero-order valence-corrected chi connectivity index (χ0v) is 9.19. The Bertz CT molecular complexity index is 317. The van der Waals surface area contributed by atoms with Crippen LogP contribution in [0.4, 0.5) is 0 Å². The van der Waals surface area contributed by atoms with Gasteiger partial charge in [-0.1, -0.05) is 6.92 Å². The molecule has 1 aromatic heterocycles. The van der Waals surface area contributed by atoms with Gasteiger partial charge in [0.1, 0.15) is 17.9 Å². The summed E-state index contributed by atoms with van der Waals surface area (Å²) < 4.78 is 1.86. The molecule has 0 radical (unpaired) electrons. The van der Waals surface area contributed by atoms with Crippen LogP contribution in [0.15, 0.2) is 6.33 Å². The van der Waals surface area contributed by atoms with Gasteiger partial charge in [-0.15, -0.1) is 0 Å². The van der Waals surface area contributed by atoms with Gasteiger partial charge in [0.15, 0.2) is 0 Å². The lowest BCUT2D eigenvalue weighted by molar-refractivity contribution is -0.120. The molecule has 4 nitrogen and oxygen atoms in total. The van der Waals surface area contributed by atoms with Crippen LogP contribution in [0.25, 0.3) is 0 Å². The van der Waals surface area contributed by atoms with Crippen LogP contribution in [0.5, 0.6) is 0 Å². The molecule has 1 rings (SSSR count). The Morgan fingerprint density at radius 1 is 1.50 bits per heavy atom. The van der Waals surface area contributed by atoms with Crippen LogP contribution in [-0.2, 0) is 11.2 Å². The average molecular weight is 195 g/mol. The van der Waals surface area contributed by atoms with Crippen LogP contribution in [-0.4, -0.2) is 20.5 Å². The molecule has 14 heavy (non-hydrogen) atoms. The van der Waals surface area contributed by atoms with Gasteiger partial charge in [-0.05, 0) is 20.8 Å². The molecule has 1 aromatic rings. The first kappa shape index (κ1) is 10.9. The third kappa shape index (κ3) is 2.40. The second kappa shape index (κ2) is 4.35. The van der Waals surface area contributed by atoms with E-state index in [4.69, 9.17) is 0 Å². The smallest absolute Gasteiger partial charge is 0.138 e. The highest BCUT2D eigenvalue weighted by Gasteiger charge is 2.14. The van der Waals surface area contributed by atoms with Crippen molar-refractivity contribution in [2.75, 3.05) is 0 Å². The van der Waals surface area contributed by atoms with E-state index >= 15 is 0 Å². The summed E-state index contributed by atoms with van der Waals surface area (Å²) in [7, 11) is 0. The average Bonchev–Trinajstić information content (AvgIpc) is 2.52. The Hall–Kier alpha value is -1.19. The molecule has 0 N–H and O–H groups in total. The first-order valence-electron chi connectivity index (χ1n) is 4.91. The van der Waals surface area contributed by atoms with Crippen molar-refractivity contribution >= 4 is 5.78 Å². The van der Waals surface area contributed by atoms with E-state index in [1.807, 2.05) is 11.6 Å². The maximum Gasteiger partial charge on any atom is 0.138 e. The standard InChI is InChI=1S/C10H17N3O/c1-7(2)13-10(11-6-12-13)5-8(3)9(4)14/h6-8H,5H2,1-4H3. The Labute approximate surface area is 84.3 Å². The Kier molecular flexibility index (Phi) is 3.38. The molecule has 1 unspecified atom stereocenters. The van der Waals surface area contributed by atoms with Gasteiger partial charge < -0.3 is 0 Å². The van der Waals surface area contributed by atoms with Crippen molar-refractivity contribution in [2.24, 2.45) is 5.92 Å². The number of carbonyl (C=O) groups is 1. The number of nitrogens with zero attached hydrogens (tertiary/aromatic N) is 3. The van der Waals surface area contributed by atoms with E-state index in [0.717, 1.165) is 5.82 Å². The molecule has 0 aromatic carbocycles. The van der Waals surface area contributed by atoms with Gasteiger partial charge in [-0.3, -0.25) is 4.79 Å². The number of Topliss-reactive ketones (excluding diaryl/α,β-unsaturated/α-hetero) is 1. The minimum Gasteiger partial charge on any atom is -0.300 e. The van der Waals surface area contributed by atoms with Crippen molar-refractivity contribution in [3.8, 4) is 0 Å². The molecule has 1 atom stereocenters. The maximum atomic E-state index is 11.1. The van der Waals surface area contributed by atoms with Crippen molar-refractivity contribution < 1.29 is 4.79 Å². The van der Waals surface area contributed by atoms with Crippen LogP contribution in [0, 0.1) is 5.92 Å². The predicted molar refractivity (Wildman–Crippen MR) is 54.0 cm³/mol. The molecule has 0 aliphatic rings. The van der Waals surface area contributed by atoms with E-state index in [-0.39, 0.29) is 11.7 Å². The minimum atomic E-state index is 0.0247. The lowest BCUT2D eigenvalue weighted by Crippen LogP contribution is -2.15. The normalized spacial score (nSPS) is 13.2. The SMILES string of the molecule is CC(=O)C(C)Cc1ncnn1C(C)C. The van der Waals surface area contributed by atoms with Gasteiger partial charge in [-0.25, -0.2) is 9.67 Å². The van der Waals surface area contributed by atoms with Crippen LogP contribution in [0.1, 0.15) is 39.6 Å². The topological polar surface area (TPSA) is 47.8 Å². The van der Waals surface area contributed by atoms with E-state index in [0.29, 0.717) is 12.5 Å². The fourth-order valence-corrected chi connectivity index (χ4v) is 1.27. The molecule has 0 fully saturated rings. The lowest BCUT2D eigenvalue weighted by atomic mass is 10.0. The van der Waals surface area contributed by atoms with Gasteiger partial charge in [0.25, 0.3) is 0 Å². The summed E-state index contributed by atoms with van der Waals surface area (Å²) in [5.74, 6) is 1.11. The van der Waals surface area contributed by atoms with E-state index in [1.165, 1.54) is 0 Å². The highest BCUT2D eigenvalue weighted by atomic mass is 16.1. The first-order valence-corrected chi connectivity index (χ1v) is 4.91. The minimum absolute atomic E-state index is 0.0247. The zero-order chi connectivity index (χ0) is 10.7. The Morgan fingerprint density at radius 2 is 2.14 bits per heavy atom. The summed E-state index contributed by atoms with van der Waals surface area (Å²) in [5, 5.41) is 4.12. The molecular weight excluding hydrogens is 178 g/mol. The van der Waals surface area contributed by atoms with Crippen molar-refractivity contribution in [2.45, 2.75) is 40.2 Å². The molecule has 78 valence electrons. The van der Waals surface area contributed by atoms with Gasteiger partial charge >= 0.3 is 0 Å². The Balaban J connectivity index is 2.76. The van der Waals surface area contributed by atoms with E-state index in [9.17, 15) is 4.79 Å². The van der Waals surface area contributed by atoms with Gasteiger partial charge in [0, 0.05) is 18.4 Å². The monoisotopic (exact) mass is 195 g/mol. The number of carbonyl (C=O) groups excluding carboxylic acids is 1. The summed E-state index contributed by atoms with van der Waals surface area (Å²) in [6, 6.07) is 0.298. The molecule has 0 saturated carbocycles. The van der Waals surface area contributed by atoms with Gasteiger partial charge in [-0.2, -0.15) is 5.10 Å². The molecule has 0 aliphatic carbocycles. The van der Waals surface area contributed by atoms with Crippen LogP contribution in [0.3, 0.4) is 0 Å². The summed E-state index contributed by atoms with van der Waals surface area (Å²) in [6.45, 7) is 7.63. The first-order chi connectivity index (χ1) is 6.52. The highest BCUT2D eigenvalue weighted by molar-refractivity contribution is 5.78. The molecule has 0 amide bonds. The Morgan fingerprint density at radius 3 is 2.64 bits per heavy atom. The van der Waals surface area contributed by atoms with Crippen molar-refractivity contribution in [1.82, 2.24) is 14.8 Å². The second-order valence-electron chi connectivity index (χ2n) is 3.93. The van der Waals surface area contributed by atoms with Crippen LogP contribution >= 0.6 is 0 Å². The quantitative estimate of drug-likeness (QED) is 0.733. The van der Waals surface area contributed by atoms with Gasteiger partial charge in [0.2, 0.25) is 0 Å². The molecule has 0 aliphatic heterocycles. The summed E-state index contributed by atoms with van der Waals surface area (Å²) in [6.07, 6.45) is 2.22. The fraction of sp³-hybridized carbons (Fsp3) is 0.700. The zero-order valence-electron chi connectivity index (χ0n) is 9.19. The van der Waals surface area contributed by atoms with E-state index in [1.54, 1.807) is 13.3 Å². The second-order valence-corrected chi connectivity index (χ2v) is 3.93. The van der Waals surface area contributed by atoms with Gasteiger partial charge in [0.05, 0.1) is 0 Å². The molecule has 4 heteroatoms. The lowest BCUT2D eigenvalue weighted by Gasteiger charge is -2.11. The van der Waals surface area contributed by atoms with E-state index < -0.39 is 0 Å².